The van der Waals surface area contributed by atoms with E-state index in [2.05, 4.69) is 39.4 Å². The first-order valence-corrected chi connectivity index (χ1v) is 7.87. The van der Waals surface area contributed by atoms with Gasteiger partial charge in [-0.1, -0.05) is 37.3 Å². The smallest absolute Gasteiger partial charge is 0.135 e. The summed E-state index contributed by atoms with van der Waals surface area (Å²) >= 11 is 0. The minimum Gasteiger partial charge on any atom is -0.370 e. The first kappa shape index (κ1) is 15.2. The highest BCUT2D eigenvalue weighted by Gasteiger charge is 2.05. The lowest BCUT2D eigenvalue weighted by atomic mass is 10.1. The minimum absolute atomic E-state index is 0.461. The first-order chi connectivity index (χ1) is 11.3. The molecule has 1 unspecified atom stereocenters. The van der Waals surface area contributed by atoms with Crippen molar-refractivity contribution in [3.63, 3.8) is 0 Å². The van der Waals surface area contributed by atoms with Gasteiger partial charge in [0, 0.05) is 38.1 Å². The molecule has 1 atom stereocenters. The van der Waals surface area contributed by atoms with E-state index >= 15 is 0 Å². The number of aromatic nitrogens is 4. The van der Waals surface area contributed by atoms with Crippen LogP contribution < -0.4 is 5.32 Å². The van der Waals surface area contributed by atoms with E-state index in [0.29, 0.717) is 5.92 Å². The Morgan fingerprint density at radius 3 is 2.74 bits per heavy atom. The molecule has 1 N–H and O–H groups in total. The second kappa shape index (κ2) is 7.54. The predicted octanol–water partition coefficient (Wildman–Crippen LogP) is 3.01. The summed E-state index contributed by atoms with van der Waals surface area (Å²) in [6.07, 6.45) is 6.35. The molecule has 0 aliphatic carbocycles. The molecule has 2 heterocycles. The molecule has 0 aliphatic rings. The average Bonchev–Trinajstić information content (AvgIpc) is 3.07. The molecular formula is C18H21N5. The van der Waals surface area contributed by atoms with Gasteiger partial charge in [-0.15, -0.1) is 0 Å². The van der Waals surface area contributed by atoms with E-state index in [1.807, 2.05) is 47.4 Å². The minimum atomic E-state index is 0.461. The summed E-state index contributed by atoms with van der Waals surface area (Å²) in [6.45, 7) is 3.93. The average molecular weight is 307 g/mol. The van der Waals surface area contributed by atoms with Crippen LogP contribution in [0.4, 0.5) is 5.82 Å². The molecule has 5 nitrogen and oxygen atoms in total. The van der Waals surface area contributed by atoms with E-state index in [1.165, 1.54) is 5.56 Å². The summed E-state index contributed by atoms with van der Waals surface area (Å²) in [7, 11) is 0. The summed E-state index contributed by atoms with van der Waals surface area (Å²) < 4.78 is 1.95. The Bertz CT molecular complexity index is 709. The number of nitrogens with one attached hydrogen (secondary N) is 1. The Kier molecular flexibility index (Phi) is 4.99. The van der Waals surface area contributed by atoms with Crippen LogP contribution in [0.5, 0.6) is 0 Å². The molecule has 0 spiro atoms. The number of hydrogen-bond donors (Lipinski definition) is 1. The monoisotopic (exact) mass is 307 g/mol. The molecule has 5 heteroatoms. The standard InChI is InChI=1S/C18H21N5/c1-15(14-23-11-5-9-21-23)13-20-17-8-10-19-18(22-17)12-16-6-3-2-4-7-16/h2-11,15H,12-14H2,1H3,(H,19,20,22). The van der Waals surface area contributed by atoms with Crippen molar-refractivity contribution in [2.24, 2.45) is 5.92 Å². The molecule has 3 aromatic rings. The zero-order valence-electron chi connectivity index (χ0n) is 13.3. The third-order valence-electron chi connectivity index (χ3n) is 3.60. The fraction of sp³-hybridized carbons (Fsp3) is 0.278. The summed E-state index contributed by atoms with van der Waals surface area (Å²) in [5, 5.41) is 7.63. The Hall–Kier alpha value is -2.69. The van der Waals surface area contributed by atoms with Crippen molar-refractivity contribution in [1.29, 1.82) is 0 Å². The summed E-state index contributed by atoms with van der Waals surface area (Å²) in [4.78, 5) is 8.95. The number of hydrogen-bond acceptors (Lipinski definition) is 4. The Labute approximate surface area is 136 Å². The van der Waals surface area contributed by atoms with Gasteiger partial charge in [-0.2, -0.15) is 5.10 Å². The van der Waals surface area contributed by atoms with Crippen LogP contribution in [0, 0.1) is 5.92 Å². The van der Waals surface area contributed by atoms with E-state index < -0.39 is 0 Å². The van der Waals surface area contributed by atoms with Crippen molar-refractivity contribution < 1.29 is 0 Å². The lowest BCUT2D eigenvalue weighted by Crippen LogP contribution is -2.18. The highest BCUT2D eigenvalue weighted by Crippen LogP contribution is 2.09. The maximum atomic E-state index is 4.59. The van der Waals surface area contributed by atoms with Crippen molar-refractivity contribution in [2.45, 2.75) is 19.9 Å². The van der Waals surface area contributed by atoms with E-state index in [1.54, 1.807) is 6.20 Å². The zero-order chi connectivity index (χ0) is 15.9. The number of benzene rings is 1. The third-order valence-corrected chi connectivity index (χ3v) is 3.60. The maximum Gasteiger partial charge on any atom is 0.135 e. The Morgan fingerprint density at radius 2 is 1.96 bits per heavy atom. The van der Waals surface area contributed by atoms with E-state index in [0.717, 1.165) is 31.2 Å². The summed E-state index contributed by atoms with van der Waals surface area (Å²) in [5.41, 5.74) is 1.22. The van der Waals surface area contributed by atoms with Gasteiger partial charge in [0.2, 0.25) is 0 Å². The molecule has 0 radical (unpaired) electrons. The van der Waals surface area contributed by atoms with Crippen LogP contribution >= 0.6 is 0 Å². The lowest BCUT2D eigenvalue weighted by molar-refractivity contribution is 0.467. The van der Waals surface area contributed by atoms with Gasteiger partial charge >= 0.3 is 0 Å². The molecule has 3 rings (SSSR count). The second-order valence-electron chi connectivity index (χ2n) is 5.73. The molecule has 0 amide bonds. The van der Waals surface area contributed by atoms with E-state index in [-0.39, 0.29) is 0 Å². The molecule has 0 saturated heterocycles. The van der Waals surface area contributed by atoms with Gasteiger partial charge in [0.05, 0.1) is 0 Å². The largest absolute Gasteiger partial charge is 0.370 e. The fourth-order valence-electron chi connectivity index (χ4n) is 2.43. The maximum absolute atomic E-state index is 4.59. The van der Waals surface area contributed by atoms with Gasteiger partial charge in [-0.05, 0) is 23.6 Å². The van der Waals surface area contributed by atoms with Gasteiger partial charge in [-0.25, -0.2) is 9.97 Å². The number of nitrogens with zero attached hydrogens (tertiary/aromatic N) is 4. The molecule has 0 saturated carbocycles. The Morgan fingerprint density at radius 1 is 1.09 bits per heavy atom. The van der Waals surface area contributed by atoms with Crippen LogP contribution in [0.15, 0.2) is 61.1 Å². The fourth-order valence-corrected chi connectivity index (χ4v) is 2.43. The predicted molar refractivity (Wildman–Crippen MR) is 91.2 cm³/mol. The molecule has 23 heavy (non-hydrogen) atoms. The lowest BCUT2D eigenvalue weighted by Gasteiger charge is -2.13. The van der Waals surface area contributed by atoms with Gasteiger partial charge in [-0.3, -0.25) is 4.68 Å². The van der Waals surface area contributed by atoms with Crippen molar-refractivity contribution in [2.75, 3.05) is 11.9 Å². The molecule has 118 valence electrons. The van der Waals surface area contributed by atoms with E-state index in [4.69, 9.17) is 0 Å². The van der Waals surface area contributed by atoms with Gasteiger partial charge in [0.1, 0.15) is 11.6 Å². The molecule has 0 bridgehead atoms. The van der Waals surface area contributed by atoms with Gasteiger partial charge in [0.25, 0.3) is 0 Å². The summed E-state index contributed by atoms with van der Waals surface area (Å²) in [5.74, 6) is 2.17. The van der Waals surface area contributed by atoms with Crippen LogP contribution in [0.25, 0.3) is 0 Å². The van der Waals surface area contributed by atoms with Crippen molar-refractivity contribution >= 4 is 5.82 Å². The highest BCUT2D eigenvalue weighted by atomic mass is 15.3. The molecule has 1 aromatic carbocycles. The summed E-state index contributed by atoms with van der Waals surface area (Å²) in [6, 6.07) is 14.1. The normalized spacial score (nSPS) is 12.0. The molecular weight excluding hydrogens is 286 g/mol. The second-order valence-corrected chi connectivity index (χ2v) is 5.73. The van der Waals surface area contributed by atoms with E-state index in [9.17, 15) is 0 Å². The van der Waals surface area contributed by atoms with Gasteiger partial charge < -0.3 is 5.32 Å². The number of rotatable bonds is 7. The SMILES string of the molecule is CC(CNc1ccnc(Cc2ccccc2)n1)Cn1cccn1. The van der Waals surface area contributed by atoms with Crippen molar-refractivity contribution in [3.8, 4) is 0 Å². The number of anilines is 1. The Balaban J connectivity index is 1.55. The topological polar surface area (TPSA) is 55.6 Å². The van der Waals surface area contributed by atoms with Crippen LogP contribution in [0.3, 0.4) is 0 Å². The molecule has 0 aliphatic heterocycles. The van der Waals surface area contributed by atoms with Crippen molar-refractivity contribution in [1.82, 2.24) is 19.7 Å². The first-order valence-electron chi connectivity index (χ1n) is 7.87. The van der Waals surface area contributed by atoms with Crippen LogP contribution in [0.1, 0.15) is 18.3 Å². The van der Waals surface area contributed by atoms with Crippen LogP contribution in [-0.2, 0) is 13.0 Å². The van der Waals surface area contributed by atoms with Gasteiger partial charge in [0.15, 0.2) is 0 Å². The third kappa shape index (κ3) is 4.64. The highest BCUT2D eigenvalue weighted by molar-refractivity contribution is 5.33. The quantitative estimate of drug-likeness (QED) is 0.729. The van der Waals surface area contributed by atoms with Crippen LogP contribution in [0.2, 0.25) is 0 Å². The van der Waals surface area contributed by atoms with Crippen molar-refractivity contribution in [3.05, 3.63) is 72.4 Å². The molecule has 0 fully saturated rings. The van der Waals surface area contributed by atoms with Crippen LogP contribution in [-0.4, -0.2) is 26.3 Å². The zero-order valence-corrected chi connectivity index (χ0v) is 13.3. The molecule has 2 aromatic heterocycles.